The van der Waals surface area contributed by atoms with Gasteiger partial charge in [0.25, 0.3) is 5.91 Å². The molecular formula is C25H22Cl2N6O3. The monoisotopic (exact) mass is 524 g/mol. The van der Waals surface area contributed by atoms with Crippen molar-refractivity contribution in [3.8, 4) is 23.1 Å². The summed E-state index contributed by atoms with van der Waals surface area (Å²) in [6.45, 7) is 0.722. The first-order valence-corrected chi connectivity index (χ1v) is 12.1. The molecule has 2 aliphatic rings. The van der Waals surface area contributed by atoms with Crippen molar-refractivity contribution >= 4 is 35.1 Å². The number of carbonyl (C=O) groups is 2. The van der Waals surface area contributed by atoms with E-state index in [-0.39, 0.29) is 17.6 Å². The zero-order valence-electron chi connectivity index (χ0n) is 19.0. The van der Waals surface area contributed by atoms with Crippen molar-refractivity contribution in [3.63, 3.8) is 0 Å². The van der Waals surface area contributed by atoms with Crippen molar-refractivity contribution in [1.82, 2.24) is 14.7 Å². The fourth-order valence-corrected chi connectivity index (χ4v) is 5.31. The lowest BCUT2D eigenvalue weighted by atomic mass is 9.74. The summed E-state index contributed by atoms with van der Waals surface area (Å²) >= 11 is 12.3. The molecule has 4 N–H and O–H groups in total. The number of nitriles is 1. The van der Waals surface area contributed by atoms with Gasteiger partial charge in [-0.2, -0.15) is 10.4 Å². The number of amides is 3. The number of rotatable bonds is 5. The molecule has 3 aromatic rings. The molecule has 2 aromatic carbocycles. The highest BCUT2D eigenvalue weighted by Crippen LogP contribution is 2.47. The highest BCUT2D eigenvalue weighted by Gasteiger charge is 2.46. The summed E-state index contributed by atoms with van der Waals surface area (Å²) in [5, 5.41) is 14.4. The number of carbonyl (C=O) groups excluding carboxylic acids is 2. The summed E-state index contributed by atoms with van der Waals surface area (Å²) in [7, 11) is 0. The van der Waals surface area contributed by atoms with Crippen LogP contribution >= 0.6 is 23.2 Å². The zero-order valence-corrected chi connectivity index (χ0v) is 20.5. The highest BCUT2D eigenvalue weighted by molar-refractivity contribution is 6.42. The molecule has 36 heavy (non-hydrogen) atoms. The van der Waals surface area contributed by atoms with E-state index in [4.69, 9.17) is 44.7 Å². The maximum atomic E-state index is 12.7. The van der Waals surface area contributed by atoms with E-state index in [2.05, 4.69) is 11.2 Å². The van der Waals surface area contributed by atoms with E-state index in [9.17, 15) is 9.59 Å². The molecule has 5 rings (SSSR count). The number of hydrogen-bond acceptors (Lipinski definition) is 5. The van der Waals surface area contributed by atoms with Crippen molar-refractivity contribution in [1.29, 1.82) is 5.26 Å². The minimum Gasteiger partial charge on any atom is -0.490 e. The fourth-order valence-electron chi connectivity index (χ4n) is 5.01. The third-order valence-corrected chi connectivity index (χ3v) is 7.49. The Labute approximate surface area is 217 Å². The topological polar surface area (TPSA) is 140 Å². The quantitative estimate of drug-likeness (QED) is 0.516. The minimum atomic E-state index is -0.654. The van der Waals surface area contributed by atoms with Crippen LogP contribution in [0.15, 0.2) is 42.5 Å². The maximum Gasteiger partial charge on any atom is 0.315 e. The molecule has 2 heterocycles. The molecule has 184 valence electrons. The summed E-state index contributed by atoms with van der Waals surface area (Å²) in [4.78, 5) is 26.7. The largest absolute Gasteiger partial charge is 0.490 e. The average Bonchev–Trinajstić information content (AvgIpc) is 3.23. The van der Waals surface area contributed by atoms with Crippen LogP contribution in [0.1, 0.15) is 40.5 Å². The fraction of sp³-hybridized carbons (Fsp3) is 0.280. The number of benzene rings is 2. The first-order valence-electron chi connectivity index (χ1n) is 11.4. The molecular weight excluding hydrogens is 503 g/mol. The second-order valence-corrected chi connectivity index (χ2v) is 9.72. The van der Waals surface area contributed by atoms with Gasteiger partial charge in [-0.05, 0) is 55.2 Å². The molecule has 0 radical (unpaired) electrons. The standard InChI is InChI=1S/C25H22Cl2N6O3/c26-18-6-3-14(11-19(18)27)21-20(24(29)34)23-22(32(25(30)35)7-8-33(23)31-21)15-9-17(10-15)36-16-4-1-13(12-28)2-5-16/h1-6,11,15,17,22H,7-10H2,(H2,29,34)(H2,30,35). The molecule has 1 fully saturated rings. The number of urea groups is 1. The summed E-state index contributed by atoms with van der Waals surface area (Å²) in [6, 6.07) is 12.9. The van der Waals surface area contributed by atoms with Crippen LogP contribution in [0, 0.1) is 17.2 Å². The van der Waals surface area contributed by atoms with Gasteiger partial charge in [0, 0.05) is 12.1 Å². The zero-order chi connectivity index (χ0) is 25.6. The van der Waals surface area contributed by atoms with Crippen molar-refractivity contribution in [2.45, 2.75) is 31.5 Å². The molecule has 1 saturated carbocycles. The molecule has 0 bridgehead atoms. The normalized spacial score (nSPS) is 20.7. The van der Waals surface area contributed by atoms with E-state index in [0.29, 0.717) is 64.2 Å². The molecule has 1 atom stereocenters. The SMILES string of the molecule is N#Cc1ccc(OC2CC(C3c4c(C(N)=O)c(-c5ccc(Cl)c(Cl)c5)nn4CCN3C(N)=O)C2)cc1. The van der Waals surface area contributed by atoms with Gasteiger partial charge in [0.2, 0.25) is 0 Å². The number of fused-ring (bicyclic) bond motifs is 1. The number of halogens is 2. The Kier molecular flexibility index (Phi) is 6.24. The Morgan fingerprint density at radius 2 is 1.78 bits per heavy atom. The number of hydrogen-bond donors (Lipinski definition) is 2. The average molecular weight is 525 g/mol. The van der Waals surface area contributed by atoms with Gasteiger partial charge in [-0.3, -0.25) is 9.48 Å². The number of nitrogens with zero attached hydrogens (tertiary/aromatic N) is 4. The summed E-state index contributed by atoms with van der Waals surface area (Å²) in [6.07, 6.45) is 1.20. The van der Waals surface area contributed by atoms with Crippen LogP contribution in [0.4, 0.5) is 4.79 Å². The predicted octanol–water partition coefficient (Wildman–Crippen LogP) is 4.12. The molecule has 9 nitrogen and oxygen atoms in total. The number of ether oxygens (including phenoxy) is 1. The second-order valence-electron chi connectivity index (χ2n) is 8.91. The number of primary amides is 2. The van der Waals surface area contributed by atoms with Gasteiger partial charge in [-0.15, -0.1) is 0 Å². The Bertz CT molecular complexity index is 1390. The van der Waals surface area contributed by atoms with Gasteiger partial charge < -0.3 is 21.1 Å². The first kappa shape index (κ1) is 24.0. The second kappa shape index (κ2) is 9.37. The lowest BCUT2D eigenvalue weighted by molar-refractivity contribution is 0.00711. The maximum absolute atomic E-state index is 12.7. The smallest absolute Gasteiger partial charge is 0.315 e. The minimum absolute atomic E-state index is 0.0172. The Hall–Kier alpha value is -3.74. The van der Waals surface area contributed by atoms with Crippen molar-refractivity contribution in [2.75, 3.05) is 6.54 Å². The molecule has 1 aromatic heterocycles. The number of aromatic nitrogens is 2. The Balaban J connectivity index is 1.47. The number of nitrogens with two attached hydrogens (primary N) is 2. The van der Waals surface area contributed by atoms with Gasteiger partial charge in [0.15, 0.2) is 0 Å². The van der Waals surface area contributed by atoms with E-state index >= 15 is 0 Å². The van der Waals surface area contributed by atoms with Gasteiger partial charge in [-0.25, -0.2) is 4.79 Å². The van der Waals surface area contributed by atoms with Crippen LogP contribution in [0.25, 0.3) is 11.3 Å². The van der Waals surface area contributed by atoms with Crippen molar-refractivity contribution in [2.24, 2.45) is 17.4 Å². The van der Waals surface area contributed by atoms with Crippen LogP contribution in [0.2, 0.25) is 10.0 Å². The van der Waals surface area contributed by atoms with Gasteiger partial charge in [0.05, 0.1) is 51.6 Å². The van der Waals surface area contributed by atoms with E-state index in [1.165, 1.54) is 0 Å². The molecule has 1 unspecified atom stereocenters. The lowest BCUT2D eigenvalue weighted by Gasteiger charge is -2.46. The van der Waals surface area contributed by atoms with E-state index < -0.39 is 18.0 Å². The molecule has 0 saturated heterocycles. The van der Waals surface area contributed by atoms with Crippen LogP contribution in [-0.4, -0.2) is 39.3 Å². The molecule has 0 spiro atoms. The molecule has 1 aliphatic carbocycles. The Morgan fingerprint density at radius 3 is 2.39 bits per heavy atom. The first-order chi connectivity index (χ1) is 17.3. The van der Waals surface area contributed by atoms with Gasteiger partial charge >= 0.3 is 6.03 Å². The van der Waals surface area contributed by atoms with Crippen molar-refractivity contribution in [3.05, 3.63) is 69.3 Å². The molecule has 3 amide bonds. The van der Waals surface area contributed by atoms with Crippen LogP contribution < -0.4 is 16.2 Å². The summed E-state index contributed by atoms with van der Waals surface area (Å²) in [5.74, 6) is -0.00708. The lowest BCUT2D eigenvalue weighted by Crippen LogP contribution is -2.51. The van der Waals surface area contributed by atoms with Gasteiger partial charge in [0.1, 0.15) is 11.4 Å². The van der Waals surface area contributed by atoms with E-state index in [1.807, 2.05) is 0 Å². The highest BCUT2D eigenvalue weighted by atomic mass is 35.5. The predicted molar refractivity (Wildman–Crippen MR) is 134 cm³/mol. The van der Waals surface area contributed by atoms with Crippen molar-refractivity contribution < 1.29 is 14.3 Å². The third kappa shape index (κ3) is 4.23. The molecule has 11 heteroatoms. The summed E-state index contributed by atoms with van der Waals surface area (Å²) < 4.78 is 7.78. The van der Waals surface area contributed by atoms with Crippen LogP contribution in [0.5, 0.6) is 5.75 Å². The molecule has 1 aliphatic heterocycles. The van der Waals surface area contributed by atoms with Gasteiger partial charge in [-0.1, -0.05) is 29.3 Å². The Morgan fingerprint density at radius 1 is 1.06 bits per heavy atom. The third-order valence-electron chi connectivity index (χ3n) is 6.75. The van der Waals surface area contributed by atoms with Crippen LogP contribution in [0.3, 0.4) is 0 Å². The van der Waals surface area contributed by atoms with E-state index in [0.717, 1.165) is 0 Å². The van der Waals surface area contributed by atoms with Crippen LogP contribution in [-0.2, 0) is 6.54 Å². The van der Waals surface area contributed by atoms with E-state index in [1.54, 1.807) is 52.0 Å². The summed E-state index contributed by atoms with van der Waals surface area (Å²) in [5.41, 5.74) is 13.9.